The van der Waals surface area contributed by atoms with E-state index in [0.717, 1.165) is 5.56 Å². The first-order chi connectivity index (χ1) is 16.8. The van der Waals surface area contributed by atoms with Crippen LogP contribution >= 0.6 is 23.2 Å². The molecule has 35 heavy (non-hydrogen) atoms. The zero-order valence-corrected chi connectivity index (χ0v) is 20.1. The quantitative estimate of drug-likeness (QED) is 0.347. The SMILES string of the molecule is O=C(O)CC(NC(=O)OCCCc1ccccc1)C(=O)Cn1nnnc1Cc1c(Cl)cccc1Cl. The number of benzene rings is 2. The van der Waals surface area contributed by atoms with Crippen LogP contribution in [-0.4, -0.2) is 55.8 Å². The van der Waals surface area contributed by atoms with E-state index in [1.54, 1.807) is 18.2 Å². The second-order valence-electron chi connectivity index (χ2n) is 7.62. The third kappa shape index (κ3) is 8.04. The molecule has 0 aliphatic heterocycles. The number of tetrazole rings is 1. The first-order valence-electron chi connectivity index (χ1n) is 10.7. The molecule has 0 aliphatic rings. The zero-order valence-electron chi connectivity index (χ0n) is 18.6. The number of ether oxygens (including phenoxy) is 1. The van der Waals surface area contributed by atoms with Crippen LogP contribution < -0.4 is 5.32 Å². The zero-order chi connectivity index (χ0) is 25.2. The molecule has 1 heterocycles. The summed E-state index contributed by atoms with van der Waals surface area (Å²) in [4.78, 5) is 36.3. The maximum atomic E-state index is 12.8. The Hall–Kier alpha value is -3.50. The Kier molecular flexibility index (Phi) is 9.56. The molecule has 184 valence electrons. The number of rotatable bonds is 12. The number of alkyl carbamates (subject to hydrolysis) is 1. The average molecular weight is 520 g/mol. The van der Waals surface area contributed by atoms with Crippen LogP contribution in [0.3, 0.4) is 0 Å². The molecule has 0 fully saturated rings. The first kappa shape index (κ1) is 26.1. The smallest absolute Gasteiger partial charge is 0.407 e. The summed E-state index contributed by atoms with van der Waals surface area (Å²) in [6.07, 6.45) is -0.0562. The lowest BCUT2D eigenvalue weighted by molar-refractivity contribution is -0.139. The Morgan fingerprint density at radius 3 is 2.46 bits per heavy atom. The van der Waals surface area contributed by atoms with E-state index in [4.69, 9.17) is 27.9 Å². The number of hydrogen-bond acceptors (Lipinski definition) is 7. The number of Topliss-reactive ketones (excluding diaryl/α,β-unsaturated/α-hetero) is 1. The van der Waals surface area contributed by atoms with E-state index < -0.39 is 30.3 Å². The number of aliphatic carboxylic acids is 1. The normalized spacial score (nSPS) is 11.6. The Balaban J connectivity index is 1.57. The topological polar surface area (TPSA) is 136 Å². The third-order valence-corrected chi connectivity index (χ3v) is 5.76. The van der Waals surface area contributed by atoms with Gasteiger partial charge < -0.3 is 15.2 Å². The molecular weight excluding hydrogens is 497 g/mol. The van der Waals surface area contributed by atoms with E-state index in [9.17, 15) is 19.5 Å². The number of carboxylic acid groups (broad SMARTS) is 1. The molecule has 0 bridgehead atoms. The van der Waals surface area contributed by atoms with Crippen LogP contribution in [0.4, 0.5) is 4.79 Å². The van der Waals surface area contributed by atoms with Crippen LogP contribution in [0.25, 0.3) is 0 Å². The number of nitrogens with one attached hydrogen (secondary N) is 1. The molecule has 0 saturated heterocycles. The van der Waals surface area contributed by atoms with Crippen LogP contribution in [0.15, 0.2) is 48.5 Å². The third-order valence-electron chi connectivity index (χ3n) is 5.05. The molecule has 2 N–H and O–H groups in total. The Morgan fingerprint density at radius 2 is 1.77 bits per heavy atom. The highest BCUT2D eigenvalue weighted by atomic mass is 35.5. The van der Waals surface area contributed by atoms with Crippen molar-refractivity contribution >= 4 is 41.0 Å². The number of halogens is 2. The lowest BCUT2D eigenvalue weighted by Gasteiger charge is -2.16. The molecule has 0 radical (unpaired) electrons. The molecule has 1 unspecified atom stereocenters. The van der Waals surface area contributed by atoms with Gasteiger partial charge in [-0.05, 0) is 46.5 Å². The molecule has 1 amide bonds. The van der Waals surface area contributed by atoms with Crippen LogP contribution in [-0.2, 0) is 33.7 Å². The van der Waals surface area contributed by atoms with Gasteiger partial charge in [-0.25, -0.2) is 9.48 Å². The van der Waals surface area contributed by atoms with Crippen molar-refractivity contribution in [1.82, 2.24) is 25.5 Å². The van der Waals surface area contributed by atoms with Crippen molar-refractivity contribution in [3.05, 3.63) is 75.5 Å². The van der Waals surface area contributed by atoms with Crippen LogP contribution in [0.2, 0.25) is 10.0 Å². The predicted molar refractivity (Wildman–Crippen MR) is 127 cm³/mol. The molecule has 12 heteroatoms. The predicted octanol–water partition coefficient (Wildman–Crippen LogP) is 3.34. The summed E-state index contributed by atoms with van der Waals surface area (Å²) in [6.45, 7) is -0.249. The van der Waals surface area contributed by atoms with Gasteiger partial charge in [0, 0.05) is 16.5 Å². The molecule has 0 saturated carbocycles. The van der Waals surface area contributed by atoms with Gasteiger partial charge in [-0.1, -0.05) is 59.6 Å². The lowest BCUT2D eigenvalue weighted by Crippen LogP contribution is -2.44. The van der Waals surface area contributed by atoms with Crippen LogP contribution in [0, 0.1) is 0 Å². The Bertz CT molecular complexity index is 1150. The van der Waals surface area contributed by atoms with E-state index in [1.165, 1.54) is 4.68 Å². The van der Waals surface area contributed by atoms with Crippen molar-refractivity contribution in [2.75, 3.05) is 6.61 Å². The number of carboxylic acids is 1. The first-order valence-corrected chi connectivity index (χ1v) is 11.5. The number of amides is 1. The number of aromatic nitrogens is 4. The molecule has 1 aromatic heterocycles. The molecule has 1 atom stereocenters. The van der Waals surface area contributed by atoms with Gasteiger partial charge in [0.05, 0.1) is 13.0 Å². The summed E-state index contributed by atoms with van der Waals surface area (Å²) in [6, 6.07) is 13.4. The maximum absolute atomic E-state index is 12.8. The van der Waals surface area contributed by atoms with Gasteiger partial charge in [-0.15, -0.1) is 5.10 Å². The summed E-state index contributed by atoms with van der Waals surface area (Å²) in [7, 11) is 0. The van der Waals surface area contributed by atoms with Crippen molar-refractivity contribution < 1.29 is 24.2 Å². The van der Waals surface area contributed by atoms with E-state index in [-0.39, 0.29) is 19.6 Å². The number of carbonyl (C=O) groups is 3. The van der Waals surface area contributed by atoms with E-state index in [0.29, 0.717) is 34.3 Å². The molecule has 3 rings (SSSR count). The minimum atomic E-state index is -1.32. The Morgan fingerprint density at radius 1 is 1.06 bits per heavy atom. The number of nitrogens with zero attached hydrogens (tertiary/aromatic N) is 4. The maximum Gasteiger partial charge on any atom is 0.407 e. The standard InChI is InChI=1S/C23H23Cl2N5O5/c24-17-9-4-10-18(25)16(17)12-21-27-28-29-30(21)14-20(31)19(13-22(32)33)26-23(34)35-11-5-8-15-6-2-1-3-7-15/h1-4,6-7,9-10,19H,5,8,11-14H2,(H,26,34)(H,32,33). The largest absolute Gasteiger partial charge is 0.481 e. The van der Waals surface area contributed by atoms with Crippen molar-refractivity contribution in [1.29, 1.82) is 0 Å². The van der Waals surface area contributed by atoms with Crippen LogP contribution in [0.1, 0.15) is 29.8 Å². The van der Waals surface area contributed by atoms with Crippen molar-refractivity contribution in [3.8, 4) is 0 Å². The van der Waals surface area contributed by atoms with Crippen molar-refractivity contribution in [3.63, 3.8) is 0 Å². The number of carbonyl (C=O) groups excluding carboxylic acids is 2. The van der Waals surface area contributed by atoms with Crippen molar-refractivity contribution in [2.24, 2.45) is 0 Å². The van der Waals surface area contributed by atoms with Gasteiger partial charge in [0.1, 0.15) is 12.6 Å². The molecule has 10 nitrogen and oxygen atoms in total. The monoisotopic (exact) mass is 519 g/mol. The minimum absolute atomic E-state index is 0.116. The van der Waals surface area contributed by atoms with Gasteiger partial charge in [0.25, 0.3) is 0 Å². The van der Waals surface area contributed by atoms with E-state index in [1.807, 2.05) is 30.3 Å². The highest BCUT2D eigenvalue weighted by molar-refractivity contribution is 6.36. The van der Waals surface area contributed by atoms with E-state index >= 15 is 0 Å². The van der Waals surface area contributed by atoms with Gasteiger partial charge in [0.2, 0.25) is 0 Å². The molecule has 0 spiro atoms. The van der Waals surface area contributed by atoms with Crippen LogP contribution in [0.5, 0.6) is 0 Å². The van der Waals surface area contributed by atoms with Crippen molar-refractivity contribution in [2.45, 2.75) is 38.3 Å². The van der Waals surface area contributed by atoms with Gasteiger partial charge in [-0.3, -0.25) is 9.59 Å². The summed E-state index contributed by atoms with van der Waals surface area (Å²) < 4.78 is 6.33. The van der Waals surface area contributed by atoms with E-state index in [2.05, 4.69) is 20.8 Å². The van der Waals surface area contributed by atoms with Gasteiger partial charge in [-0.2, -0.15) is 0 Å². The summed E-state index contributed by atoms with van der Waals surface area (Å²) >= 11 is 12.4. The summed E-state index contributed by atoms with van der Waals surface area (Å²) in [5.41, 5.74) is 1.68. The summed E-state index contributed by atoms with van der Waals surface area (Å²) in [5.74, 6) is -1.56. The fourth-order valence-corrected chi connectivity index (χ4v) is 3.81. The minimum Gasteiger partial charge on any atom is -0.481 e. The number of aryl methyl sites for hydroxylation is 1. The number of ketones is 1. The highest BCUT2D eigenvalue weighted by Gasteiger charge is 2.26. The fourth-order valence-electron chi connectivity index (χ4n) is 3.28. The molecular formula is C23H23Cl2N5O5. The molecule has 0 aliphatic carbocycles. The van der Waals surface area contributed by atoms with Gasteiger partial charge in [0.15, 0.2) is 11.6 Å². The summed E-state index contributed by atoms with van der Waals surface area (Å²) in [5, 5.41) is 23.7. The average Bonchev–Trinajstić information content (AvgIpc) is 3.25. The Labute approximate surface area is 211 Å². The second kappa shape index (κ2) is 12.8. The second-order valence-corrected chi connectivity index (χ2v) is 8.43. The van der Waals surface area contributed by atoms with Gasteiger partial charge >= 0.3 is 12.1 Å². The lowest BCUT2D eigenvalue weighted by atomic mass is 10.1. The molecule has 2 aromatic carbocycles. The highest BCUT2D eigenvalue weighted by Crippen LogP contribution is 2.26. The molecule has 3 aromatic rings. The number of hydrogen-bond donors (Lipinski definition) is 2. The fraction of sp³-hybridized carbons (Fsp3) is 0.304.